The Hall–Kier alpha value is -6.17. The Bertz CT molecular complexity index is 3530. The van der Waals surface area contributed by atoms with Crippen LogP contribution in [0.3, 0.4) is 0 Å². The summed E-state index contributed by atoms with van der Waals surface area (Å²) in [6, 6.07) is 19.7. The van der Waals surface area contributed by atoms with Crippen LogP contribution in [-0.2, 0) is 97.6 Å². The van der Waals surface area contributed by atoms with Gasteiger partial charge in [0.05, 0.1) is 21.4 Å². The summed E-state index contributed by atoms with van der Waals surface area (Å²) in [6.45, 7) is 118. The normalized spacial score (nSPS) is 13.2. The van der Waals surface area contributed by atoms with Gasteiger partial charge < -0.3 is 8.94 Å². The summed E-state index contributed by atoms with van der Waals surface area (Å²) < 4.78 is 12.9. The topological polar surface area (TPSA) is 175 Å². The second kappa shape index (κ2) is 40.9. The van der Waals surface area contributed by atoms with Crippen molar-refractivity contribution in [1.29, 1.82) is 0 Å². The van der Waals surface area contributed by atoms with Crippen molar-refractivity contribution < 1.29 is 13.6 Å². The molecule has 9 aromatic rings. The fourth-order valence-electron chi connectivity index (χ4n) is 9.60. The summed E-state index contributed by atoms with van der Waals surface area (Å²) in [7, 11) is 0. The molecule has 1 N–H and O–H groups in total. The molecule has 17 heteroatoms. The first kappa shape index (κ1) is 112. The standard InChI is InChI=1S/C14H22.2C13H21N.C11H19NO.2C11H19NS.C10H19N3.C10H18N2O.C10H18N2S/c1-13(2,3)11-7-9-12(10-8-11)14(4,5)6;2*1-12(2,3)10-7-8-11(14-9-10)13(4,5)6;1-10(2,3)8-7-9(13-12-8)11(4,5)6;1-10(2,3)8-7-13-9(12-8)11(4,5)6;1-10(2,3)8-7-12-9(13-8)11(4,5)6;1-9(2,3)8-7-13(12-11-8)10(4,5)6;2*1-9(2,3)7-11-12-8(13-7)10(4,5)6/h7-10H,1-6H3;2*7-9H,1-6H3;4*7H,1-6H3;2*1-6H3/p+1. The lowest BCUT2D eigenvalue weighted by Gasteiger charge is -2.23. The molecule has 0 aliphatic heterocycles. The Morgan fingerprint density at radius 3 is 0.800 bits per heavy atom. The van der Waals surface area contributed by atoms with Crippen LogP contribution in [0.1, 0.15) is 467 Å². The molecule has 8 aromatic heterocycles. The van der Waals surface area contributed by atoms with Crippen molar-refractivity contribution in [3.05, 3.63) is 178 Å². The van der Waals surface area contributed by atoms with E-state index in [2.05, 4.69) is 496 Å². The lowest BCUT2D eigenvalue weighted by molar-refractivity contribution is -0.805. The Morgan fingerprint density at radius 1 is 0.283 bits per heavy atom. The molecule has 14 nitrogen and oxygen atoms in total. The van der Waals surface area contributed by atoms with Gasteiger partial charge in [-0.25, -0.2) is 9.97 Å². The third-order valence-corrected chi connectivity index (χ3v) is 23.6. The molecule has 0 aliphatic rings. The second-order valence-corrected chi connectivity index (χ2v) is 53.8. The average Bonchev–Trinajstić information content (AvgIpc) is 1.82. The van der Waals surface area contributed by atoms with Gasteiger partial charge in [-0.05, 0) is 82.2 Å². The summed E-state index contributed by atoms with van der Waals surface area (Å²) in [5.74, 6) is 2.37. The second-order valence-electron chi connectivity index (χ2n) is 50.9. The van der Waals surface area contributed by atoms with Gasteiger partial charge >= 0.3 is 0 Å². The van der Waals surface area contributed by atoms with Crippen molar-refractivity contribution in [3.8, 4) is 0 Å². The molecule has 0 amide bonds. The predicted octanol–water partition coefficient (Wildman–Crippen LogP) is 29.9. The summed E-state index contributed by atoms with van der Waals surface area (Å²) >= 11 is 5.33. The average molecular weight is 1710 g/mol. The van der Waals surface area contributed by atoms with E-state index in [0.717, 1.165) is 38.6 Å². The molecule has 0 atom stereocenters. The van der Waals surface area contributed by atoms with E-state index in [4.69, 9.17) is 8.94 Å². The highest BCUT2D eigenvalue weighted by Crippen LogP contribution is 2.37. The lowest BCUT2D eigenvalue weighted by atomic mass is 9.82. The summed E-state index contributed by atoms with van der Waals surface area (Å²) in [4.78, 5) is 19.5. The fraction of sp³-hybridized carbons (Fsp3) is 0.699. The van der Waals surface area contributed by atoms with Crippen molar-refractivity contribution in [2.75, 3.05) is 0 Å². The van der Waals surface area contributed by atoms with E-state index in [1.54, 1.807) is 22.7 Å². The van der Waals surface area contributed by atoms with Crippen LogP contribution in [0.2, 0.25) is 0 Å². The number of hydrogen-bond acceptors (Lipinski definition) is 15. The number of aromatic amines is 1. The fourth-order valence-corrected chi connectivity index (χ4v) is 12.7. The molecule has 0 unspecified atom stereocenters. The molecule has 9 rings (SSSR count). The molecule has 0 aliphatic carbocycles. The number of thiazole rings is 2. The molecule has 1 aromatic carbocycles. The largest absolute Gasteiger partial charge is 0.424 e. The molecule has 0 spiro atoms. The van der Waals surface area contributed by atoms with Crippen molar-refractivity contribution >= 4 is 34.0 Å². The summed E-state index contributed by atoms with van der Waals surface area (Å²) in [6.07, 6.45) is 8.10. The molecule has 8 heterocycles. The zero-order valence-corrected chi connectivity index (χ0v) is 89.5. The zero-order chi connectivity index (χ0) is 94.6. The quantitative estimate of drug-likeness (QED) is 0.143. The molecular weight excluding hydrogens is 1530 g/mol. The number of benzene rings is 1. The highest BCUT2D eigenvalue weighted by Gasteiger charge is 2.33. The number of nitrogens with zero attached hydrogens (tertiary/aromatic N) is 11. The maximum Gasteiger partial charge on any atom is 0.223 e. The monoisotopic (exact) mass is 1710 g/mol. The van der Waals surface area contributed by atoms with Gasteiger partial charge in [0.25, 0.3) is 0 Å². The van der Waals surface area contributed by atoms with Crippen molar-refractivity contribution in [2.24, 2.45) is 0 Å². The zero-order valence-electron chi connectivity index (χ0n) is 87.0. The van der Waals surface area contributed by atoms with Crippen LogP contribution in [0.5, 0.6) is 0 Å². The SMILES string of the molecule is CC(C)(C)c1c[n+](C(C)(C)C)[nH]n1.CC(C)(C)c1cc(C(C)(C)C)on1.CC(C)(C)c1ccc(C(C)(C)C)cc1.CC(C)(C)c1ccc(C(C)(C)C)nc1.CC(C)(C)c1ccc(C(C)(C)C)nc1.CC(C)(C)c1cnc(C(C)(C)C)s1.CC(C)(C)c1csc(C(C)(C)C)n1.CC(C)(C)c1nnc(C(C)(C)C)o1.CC(C)(C)c1nnc(C(C)(C)C)s1. The van der Waals surface area contributed by atoms with Crippen LogP contribution in [0.4, 0.5) is 0 Å². The molecular formula is C103H177N12O2S3+. The van der Waals surface area contributed by atoms with Crippen molar-refractivity contribution in [3.63, 3.8) is 0 Å². The molecule has 0 radical (unpaired) electrons. The van der Waals surface area contributed by atoms with Gasteiger partial charge in [-0.1, -0.05) is 400 Å². The van der Waals surface area contributed by atoms with Crippen LogP contribution in [-0.4, -0.2) is 55.8 Å². The smallest absolute Gasteiger partial charge is 0.223 e. The van der Waals surface area contributed by atoms with E-state index in [1.807, 2.05) is 34.6 Å². The first-order valence-electron chi connectivity index (χ1n) is 43.5. The van der Waals surface area contributed by atoms with E-state index in [-0.39, 0.29) is 97.6 Å². The maximum atomic E-state index is 5.59. The minimum absolute atomic E-state index is 0.0521. The molecule has 0 saturated heterocycles. The third-order valence-electron chi connectivity index (χ3n) is 18.7. The van der Waals surface area contributed by atoms with Crippen LogP contribution in [0.15, 0.2) is 93.7 Å². The minimum atomic E-state index is -0.0590. The van der Waals surface area contributed by atoms with E-state index < -0.39 is 0 Å². The highest BCUT2D eigenvalue weighted by molar-refractivity contribution is 7.12. The minimum Gasteiger partial charge on any atom is -0.424 e. The molecule has 0 bridgehead atoms. The van der Waals surface area contributed by atoms with E-state index in [0.29, 0.717) is 11.8 Å². The van der Waals surface area contributed by atoms with Gasteiger partial charge in [0.1, 0.15) is 21.3 Å². The van der Waals surface area contributed by atoms with Gasteiger partial charge in [0.15, 0.2) is 6.20 Å². The van der Waals surface area contributed by atoms with Crippen LogP contribution in [0.25, 0.3) is 0 Å². The maximum absolute atomic E-state index is 5.59. The Kier molecular flexibility index (Phi) is 38.1. The van der Waals surface area contributed by atoms with Crippen LogP contribution < -0.4 is 4.68 Å². The Balaban J connectivity index is 0.000000675. The predicted molar refractivity (Wildman–Crippen MR) is 522 cm³/mol. The molecule has 0 saturated carbocycles. The molecule has 0 fully saturated rings. The van der Waals surface area contributed by atoms with E-state index in [1.165, 1.54) is 42.8 Å². The van der Waals surface area contributed by atoms with E-state index in [9.17, 15) is 0 Å². The van der Waals surface area contributed by atoms with Crippen LogP contribution >= 0.6 is 34.0 Å². The highest BCUT2D eigenvalue weighted by atomic mass is 32.1. The van der Waals surface area contributed by atoms with Gasteiger partial charge in [0.2, 0.25) is 17.5 Å². The lowest BCUT2D eigenvalue weighted by Crippen LogP contribution is -2.51. The molecule has 120 heavy (non-hydrogen) atoms. The summed E-state index contributed by atoms with van der Waals surface area (Å²) in [5, 5.41) is 34.8. The number of nitrogens with one attached hydrogen (secondary N) is 1. The number of aromatic nitrogens is 12. The molecule has 678 valence electrons. The van der Waals surface area contributed by atoms with Crippen molar-refractivity contribution in [2.45, 2.75) is 471 Å². The van der Waals surface area contributed by atoms with Gasteiger partial charge in [-0.2, -0.15) is 4.68 Å². The number of pyridine rings is 2. The first-order valence-corrected chi connectivity index (χ1v) is 46.0. The van der Waals surface area contributed by atoms with Crippen LogP contribution in [0, 0.1) is 0 Å². The van der Waals surface area contributed by atoms with Gasteiger partial charge in [-0.3, -0.25) is 9.97 Å². The first-order chi connectivity index (χ1) is 52.9. The van der Waals surface area contributed by atoms with Gasteiger partial charge in [-0.15, -0.1) is 54.4 Å². The Morgan fingerprint density at radius 2 is 0.617 bits per heavy atom. The van der Waals surface area contributed by atoms with E-state index >= 15 is 0 Å². The van der Waals surface area contributed by atoms with Gasteiger partial charge in [0, 0.05) is 116 Å². The Labute approximate surface area is 747 Å². The summed E-state index contributed by atoms with van der Waals surface area (Å²) in [5.41, 5.74) is 13.5. The number of rotatable bonds is 0. The van der Waals surface area contributed by atoms with Crippen molar-refractivity contribution in [1.82, 2.24) is 55.8 Å². The number of H-pyrrole nitrogens is 1. The third kappa shape index (κ3) is 39.8. The number of hydrogen-bond donors (Lipinski definition) is 1.